The summed E-state index contributed by atoms with van der Waals surface area (Å²) in [5.74, 6) is -0.992. The minimum atomic E-state index is -0.895. The smallest absolute Gasteiger partial charge is 0.305 e. The maximum atomic E-state index is 12.5. The molecule has 1 aliphatic rings. The quantitative estimate of drug-likeness (QED) is 0.769. The summed E-state index contributed by atoms with van der Waals surface area (Å²) in [6.07, 6.45) is 0.768. The molecule has 1 aromatic carbocycles. The summed E-state index contributed by atoms with van der Waals surface area (Å²) in [6, 6.07) is 5.36. The van der Waals surface area contributed by atoms with E-state index >= 15 is 0 Å². The van der Waals surface area contributed by atoms with Gasteiger partial charge in [0.25, 0.3) is 5.91 Å². The van der Waals surface area contributed by atoms with Crippen molar-refractivity contribution in [2.24, 2.45) is 5.92 Å². The maximum absolute atomic E-state index is 12.5. The van der Waals surface area contributed by atoms with Gasteiger partial charge < -0.3 is 15.7 Å². The Labute approximate surface area is 124 Å². The van der Waals surface area contributed by atoms with Crippen LogP contribution in [0, 0.1) is 5.92 Å². The van der Waals surface area contributed by atoms with Gasteiger partial charge in [0.15, 0.2) is 0 Å². The summed E-state index contributed by atoms with van der Waals surface area (Å²) in [6.45, 7) is 5.47. The Hall–Kier alpha value is -1.88. The van der Waals surface area contributed by atoms with Crippen LogP contribution < -0.4 is 10.6 Å². The molecule has 1 aromatic rings. The lowest BCUT2D eigenvalue weighted by Gasteiger charge is -2.23. The highest BCUT2D eigenvalue weighted by Crippen LogP contribution is 2.19. The fourth-order valence-electron chi connectivity index (χ4n) is 2.63. The molecule has 5 nitrogen and oxygen atoms in total. The van der Waals surface area contributed by atoms with E-state index in [1.165, 1.54) is 0 Å². The zero-order chi connectivity index (χ0) is 15.4. The van der Waals surface area contributed by atoms with Crippen molar-refractivity contribution in [2.75, 3.05) is 6.54 Å². The monoisotopic (exact) mass is 290 g/mol. The molecule has 0 aromatic heterocycles. The van der Waals surface area contributed by atoms with E-state index < -0.39 is 5.97 Å². The first-order chi connectivity index (χ1) is 9.99. The molecule has 0 aliphatic carbocycles. The molecule has 1 heterocycles. The summed E-state index contributed by atoms with van der Waals surface area (Å²) in [4.78, 5) is 23.4. The minimum Gasteiger partial charge on any atom is -0.481 e. The van der Waals surface area contributed by atoms with Crippen molar-refractivity contribution in [1.29, 1.82) is 0 Å². The second kappa shape index (κ2) is 6.72. The molecule has 1 unspecified atom stereocenters. The average Bonchev–Trinajstić information content (AvgIpc) is 2.45. The standard InChI is InChI=1S/C16H22N2O3/c1-10(2)14(8-15(19)20)18-16(21)13-5-3-4-11-9-17-7-6-12(11)13/h3-5,10,14,17H,6-9H2,1-2H3,(H,18,21)(H,19,20). The average molecular weight is 290 g/mol. The van der Waals surface area contributed by atoms with Crippen LogP contribution in [0.5, 0.6) is 0 Å². The van der Waals surface area contributed by atoms with Gasteiger partial charge in [-0.1, -0.05) is 26.0 Å². The number of hydrogen-bond acceptors (Lipinski definition) is 3. The molecule has 0 saturated heterocycles. The van der Waals surface area contributed by atoms with Gasteiger partial charge >= 0.3 is 5.97 Å². The van der Waals surface area contributed by atoms with Crippen molar-refractivity contribution in [3.8, 4) is 0 Å². The Morgan fingerprint density at radius 3 is 2.81 bits per heavy atom. The number of rotatable bonds is 5. The highest BCUT2D eigenvalue weighted by atomic mass is 16.4. The lowest BCUT2D eigenvalue weighted by Crippen LogP contribution is -2.41. The van der Waals surface area contributed by atoms with Gasteiger partial charge in [-0.3, -0.25) is 9.59 Å². The normalized spacial score (nSPS) is 15.4. The van der Waals surface area contributed by atoms with Crippen molar-refractivity contribution in [3.05, 3.63) is 34.9 Å². The first-order valence-electron chi connectivity index (χ1n) is 7.33. The van der Waals surface area contributed by atoms with Crippen molar-refractivity contribution in [2.45, 2.75) is 39.3 Å². The number of benzene rings is 1. The molecule has 0 spiro atoms. The van der Waals surface area contributed by atoms with Crippen LogP contribution in [-0.2, 0) is 17.8 Å². The second-order valence-electron chi connectivity index (χ2n) is 5.79. The highest BCUT2D eigenvalue weighted by Gasteiger charge is 2.23. The van der Waals surface area contributed by atoms with Crippen molar-refractivity contribution < 1.29 is 14.7 Å². The number of aliphatic carboxylic acids is 1. The minimum absolute atomic E-state index is 0.0556. The van der Waals surface area contributed by atoms with Crippen LogP contribution in [0.2, 0.25) is 0 Å². The van der Waals surface area contributed by atoms with E-state index in [1.54, 1.807) is 0 Å². The third-order valence-electron chi connectivity index (χ3n) is 3.90. The number of carbonyl (C=O) groups excluding carboxylic acids is 1. The predicted molar refractivity (Wildman–Crippen MR) is 80.2 cm³/mol. The number of carboxylic acids is 1. The van der Waals surface area contributed by atoms with E-state index in [-0.39, 0.29) is 24.3 Å². The SMILES string of the molecule is CC(C)C(CC(=O)O)NC(=O)c1cccc2c1CCNC2. The Bertz CT molecular complexity index is 540. The third-order valence-corrected chi connectivity index (χ3v) is 3.90. The molecular formula is C16H22N2O3. The molecule has 1 aliphatic heterocycles. The summed E-state index contributed by atoms with van der Waals surface area (Å²) in [5.41, 5.74) is 2.89. The number of amides is 1. The van der Waals surface area contributed by atoms with Crippen LogP contribution in [0.25, 0.3) is 0 Å². The molecular weight excluding hydrogens is 268 g/mol. The lowest BCUT2D eigenvalue weighted by atomic mass is 9.94. The third kappa shape index (κ3) is 3.82. The topological polar surface area (TPSA) is 78.4 Å². The zero-order valence-electron chi connectivity index (χ0n) is 12.5. The Morgan fingerprint density at radius 1 is 1.38 bits per heavy atom. The molecule has 3 N–H and O–H groups in total. The number of fused-ring (bicyclic) bond motifs is 1. The molecule has 0 bridgehead atoms. The molecule has 0 saturated carbocycles. The summed E-state index contributed by atoms with van der Waals surface area (Å²) in [7, 11) is 0. The summed E-state index contributed by atoms with van der Waals surface area (Å²) in [5, 5.41) is 15.1. The summed E-state index contributed by atoms with van der Waals surface area (Å²) < 4.78 is 0. The van der Waals surface area contributed by atoms with E-state index in [0.717, 1.165) is 30.6 Å². The van der Waals surface area contributed by atoms with Gasteiger partial charge in [-0.15, -0.1) is 0 Å². The van der Waals surface area contributed by atoms with E-state index in [0.29, 0.717) is 5.56 Å². The summed E-state index contributed by atoms with van der Waals surface area (Å²) >= 11 is 0. The van der Waals surface area contributed by atoms with Gasteiger partial charge in [-0.25, -0.2) is 0 Å². The zero-order valence-corrected chi connectivity index (χ0v) is 12.5. The molecule has 2 rings (SSSR count). The van der Waals surface area contributed by atoms with Crippen LogP contribution in [0.4, 0.5) is 0 Å². The van der Waals surface area contributed by atoms with E-state index in [4.69, 9.17) is 5.11 Å². The van der Waals surface area contributed by atoms with Gasteiger partial charge in [0.2, 0.25) is 0 Å². The van der Waals surface area contributed by atoms with E-state index in [1.807, 2.05) is 32.0 Å². The lowest BCUT2D eigenvalue weighted by molar-refractivity contribution is -0.137. The van der Waals surface area contributed by atoms with Crippen LogP contribution >= 0.6 is 0 Å². The Balaban J connectivity index is 2.18. The Kier molecular flexibility index (Phi) is 4.96. The number of hydrogen-bond donors (Lipinski definition) is 3. The number of nitrogens with one attached hydrogen (secondary N) is 2. The van der Waals surface area contributed by atoms with Crippen molar-refractivity contribution >= 4 is 11.9 Å². The molecule has 1 amide bonds. The van der Waals surface area contributed by atoms with Crippen LogP contribution in [0.15, 0.2) is 18.2 Å². The molecule has 1 atom stereocenters. The van der Waals surface area contributed by atoms with Gasteiger partial charge in [0, 0.05) is 18.2 Å². The highest BCUT2D eigenvalue weighted by molar-refractivity contribution is 5.96. The predicted octanol–water partition coefficient (Wildman–Crippen LogP) is 1.56. The fourth-order valence-corrected chi connectivity index (χ4v) is 2.63. The molecule has 0 radical (unpaired) electrons. The molecule has 0 fully saturated rings. The van der Waals surface area contributed by atoms with Crippen molar-refractivity contribution in [3.63, 3.8) is 0 Å². The van der Waals surface area contributed by atoms with Crippen LogP contribution in [0.3, 0.4) is 0 Å². The fraction of sp³-hybridized carbons (Fsp3) is 0.500. The maximum Gasteiger partial charge on any atom is 0.305 e. The molecule has 21 heavy (non-hydrogen) atoms. The Morgan fingerprint density at radius 2 is 2.14 bits per heavy atom. The second-order valence-corrected chi connectivity index (χ2v) is 5.79. The van der Waals surface area contributed by atoms with Crippen LogP contribution in [-0.4, -0.2) is 29.6 Å². The van der Waals surface area contributed by atoms with Gasteiger partial charge in [-0.05, 0) is 36.1 Å². The first-order valence-corrected chi connectivity index (χ1v) is 7.33. The molecule has 5 heteroatoms. The first kappa shape index (κ1) is 15.5. The molecule has 114 valence electrons. The van der Waals surface area contributed by atoms with Gasteiger partial charge in [-0.2, -0.15) is 0 Å². The van der Waals surface area contributed by atoms with Crippen molar-refractivity contribution in [1.82, 2.24) is 10.6 Å². The largest absolute Gasteiger partial charge is 0.481 e. The van der Waals surface area contributed by atoms with Gasteiger partial charge in [0.1, 0.15) is 0 Å². The van der Waals surface area contributed by atoms with E-state index in [9.17, 15) is 9.59 Å². The van der Waals surface area contributed by atoms with Gasteiger partial charge in [0.05, 0.1) is 6.42 Å². The van der Waals surface area contributed by atoms with Crippen LogP contribution in [0.1, 0.15) is 41.8 Å². The van der Waals surface area contributed by atoms with E-state index in [2.05, 4.69) is 10.6 Å². The number of carbonyl (C=O) groups is 2. The number of carboxylic acid groups (broad SMARTS) is 1.